The zero-order chi connectivity index (χ0) is 11.4. The summed E-state index contributed by atoms with van der Waals surface area (Å²) in [6.07, 6.45) is 3.71. The monoisotopic (exact) mass is 275 g/mol. The molecular formula is C13H19Cl2NO. The first kappa shape index (κ1) is 14.6. The SMILES string of the molecule is CCOc1ccc(Cl)cc1C1CCCCN1.Cl. The van der Waals surface area contributed by atoms with E-state index in [1.165, 1.54) is 24.8 Å². The molecule has 1 saturated heterocycles. The average molecular weight is 276 g/mol. The molecule has 1 aromatic carbocycles. The minimum atomic E-state index is 0. The van der Waals surface area contributed by atoms with Crippen LogP contribution in [0.3, 0.4) is 0 Å². The molecule has 2 rings (SSSR count). The number of ether oxygens (including phenoxy) is 1. The van der Waals surface area contributed by atoms with Crippen LogP contribution in [0.15, 0.2) is 18.2 Å². The molecule has 0 amide bonds. The fourth-order valence-corrected chi connectivity index (χ4v) is 2.38. The third-order valence-corrected chi connectivity index (χ3v) is 3.19. The number of rotatable bonds is 3. The summed E-state index contributed by atoms with van der Waals surface area (Å²) in [6, 6.07) is 6.28. The first-order chi connectivity index (χ1) is 7.81. The Labute approximate surface area is 114 Å². The predicted molar refractivity (Wildman–Crippen MR) is 74.5 cm³/mol. The van der Waals surface area contributed by atoms with Crippen molar-refractivity contribution in [3.05, 3.63) is 28.8 Å². The van der Waals surface area contributed by atoms with Crippen LogP contribution in [0.1, 0.15) is 37.8 Å². The molecule has 0 radical (unpaired) electrons. The Morgan fingerprint density at radius 3 is 2.88 bits per heavy atom. The number of hydrogen-bond acceptors (Lipinski definition) is 2. The van der Waals surface area contributed by atoms with Crippen LogP contribution in [0.25, 0.3) is 0 Å². The fraction of sp³-hybridized carbons (Fsp3) is 0.538. The minimum absolute atomic E-state index is 0. The van der Waals surface area contributed by atoms with Gasteiger partial charge in [-0.2, -0.15) is 0 Å². The van der Waals surface area contributed by atoms with Gasteiger partial charge in [-0.15, -0.1) is 12.4 Å². The van der Waals surface area contributed by atoms with Crippen molar-refractivity contribution in [2.75, 3.05) is 13.2 Å². The van der Waals surface area contributed by atoms with E-state index in [1.807, 2.05) is 25.1 Å². The van der Waals surface area contributed by atoms with Gasteiger partial charge in [0.1, 0.15) is 5.75 Å². The summed E-state index contributed by atoms with van der Waals surface area (Å²) in [7, 11) is 0. The zero-order valence-electron chi connectivity index (χ0n) is 10.0. The number of benzene rings is 1. The minimum Gasteiger partial charge on any atom is -0.494 e. The summed E-state index contributed by atoms with van der Waals surface area (Å²) in [5, 5.41) is 4.31. The molecule has 1 fully saturated rings. The second-order valence-electron chi connectivity index (χ2n) is 4.12. The predicted octanol–water partition coefficient (Wildman–Crippen LogP) is 3.98. The largest absolute Gasteiger partial charge is 0.494 e. The highest BCUT2D eigenvalue weighted by Gasteiger charge is 2.18. The van der Waals surface area contributed by atoms with Gasteiger partial charge in [-0.25, -0.2) is 0 Å². The van der Waals surface area contributed by atoms with Crippen molar-refractivity contribution in [3.8, 4) is 5.75 Å². The van der Waals surface area contributed by atoms with Gasteiger partial charge in [0.15, 0.2) is 0 Å². The maximum atomic E-state index is 6.05. The van der Waals surface area contributed by atoms with E-state index >= 15 is 0 Å². The third kappa shape index (κ3) is 3.77. The lowest BCUT2D eigenvalue weighted by molar-refractivity contribution is 0.324. The van der Waals surface area contributed by atoms with Crippen molar-refractivity contribution >= 4 is 24.0 Å². The van der Waals surface area contributed by atoms with Crippen LogP contribution < -0.4 is 10.1 Å². The van der Waals surface area contributed by atoms with E-state index in [-0.39, 0.29) is 12.4 Å². The second-order valence-corrected chi connectivity index (χ2v) is 4.55. The standard InChI is InChI=1S/C13H18ClNO.ClH/c1-2-16-13-7-6-10(14)9-11(13)12-5-3-4-8-15-12;/h6-7,9,12,15H,2-5,8H2,1H3;1H. The molecule has 0 bridgehead atoms. The zero-order valence-corrected chi connectivity index (χ0v) is 11.6. The van der Waals surface area contributed by atoms with Gasteiger partial charge in [-0.05, 0) is 44.5 Å². The molecule has 1 atom stereocenters. The highest BCUT2D eigenvalue weighted by atomic mass is 35.5. The van der Waals surface area contributed by atoms with Gasteiger partial charge in [0.2, 0.25) is 0 Å². The molecule has 0 aliphatic carbocycles. The van der Waals surface area contributed by atoms with Gasteiger partial charge in [0.25, 0.3) is 0 Å². The van der Waals surface area contributed by atoms with Gasteiger partial charge in [-0.3, -0.25) is 0 Å². The van der Waals surface area contributed by atoms with Gasteiger partial charge in [-0.1, -0.05) is 18.0 Å². The highest BCUT2D eigenvalue weighted by Crippen LogP contribution is 2.32. The van der Waals surface area contributed by atoms with Crippen molar-refractivity contribution < 1.29 is 4.74 Å². The lowest BCUT2D eigenvalue weighted by Gasteiger charge is -2.25. The number of halogens is 2. The van der Waals surface area contributed by atoms with Crippen LogP contribution >= 0.6 is 24.0 Å². The second kappa shape index (κ2) is 7.10. The molecule has 1 aliphatic heterocycles. The Kier molecular flexibility index (Phi) is 6.10. The maximum absolute atomic E-state index is 6.05. The Balaban J connectivity index is 0.00000144. The summed E-state index contributed by atoms with van der Waals surface area (Å²) < 4.78 is 5.65. The molecule has 4 heteroatoms. The van der Waals surface area contributed by atoms with E-state index in [1.54, 1.807) is 0 Å². The van der Waals surface area contributed by atoms with Gasteiger partial charge < -0.3 is 10.1 Å². The van der Waals surface area contributed by atoms with Crippen molar-refractivity contribution in [3.63, 3.8) is 0 Å². The molecule has 17 heavy (non-hydrogen) atoms. The quantitative estimate of drug-likeness (QED) is 0.901. The van der Waals surface area contributed by atoms with Crippen molar-refractivity contribution in [1.29, 1.82) is 0 Å². The van der Waals surface area contributed by atoms with Gasteiger partial charge >= 0.3 is 0 Å². The van der Waals surface area contributed by atoms with Gasteiger partial charge in [0.05, 0.1) is 6.61 Å². The van der Waals surface area contributed by atoms with Crippen LogP contribution in [-0.4, -0.2) is 13.2 Å². The van der Waals surface area contributed by atoms with E-state index in [2.05, 4.69) is 5.32 Å². The number of hydrogen-bond donors (Lipinski definition) is 1. The fourth-order valence-electron chi connectivity index (χ4n) is 2.20. The lowest BCUT2D eigenvalue weighted by atomic mass is 9.97. The molecule has 1 N–H and O–H groups in total. The van der Waals surface area contributed by atoms with E-state index in [4.69, 9.17) is 16.3 Å². The molecular weight excluding hydrogens is 257 g/mol. The number of piperidine rings is 1. The Bertz CT molecular complexity index is 351. The van der Waals surface area contributed by atoms with Crippen molar-refractivity contribution in [2.45, 2.75) is 32.2 Å². The maximum Gasteiger partial charge on any atom is 0.124 e. The Morgan fingerprint density at radius 1 is 1.41 bits per heavy atom. The van der Waals surface area contributed by atoms with Crippen molar-refractivity contribution in [2.24, 2.45) is 0 Å². The summed E-state index contributed by atoms with van der Waals surface area (Å²) in [6.45, 7) is 3.79. The summed E-state index contributed by atoms with van der Waals surface area (Å²) in [5.41, 5.74) is 1.20. The van der Waals surface area contributed by atoms with Crippen molar-refractivity contribution in [1.82, 2.24) is 5.32 Å². The van der Waals surface area contributed by atoms with Crippen LogP contribution in [0.5, 0.6) is 5.75 Å². The first-order valence-electron chi connectivity index (χ1n) is 5.97. The normalized spacial score (nSPS) is 19.5. The van der Waals surface area contributed by atoms with Crippen LogP contribution in [0, 0.1) is 0 Å². The molecule has 1 unspecified atom stereocenters. The lowest BCUT2D eigenvalue weighted by Crippen LogP contribution is -2.27. The van der Waals surface area contributed by atoms with E-state index < -0.39 is 0 Å². The highest BCUT2D eigenvalue weighted by molar-refractivity contribution is 6.30. The van der Waals surface area contributed by atoms with E-state index in [0.717, 1.165) is 17.3 Å². The average Bonchev–Trinajstić information content (AvgIpc) is 2.33. The molecule has 1 aromatic rings. The Morgan fingerprint density at radius 2 is 2.24 bits per heavy atom. The topological polar surface area (TPSA) is 21.3 Å². The first-order valence-corrected chi connectivity index (χ1v) is 6.34. The molecule has 0 spiro atoms. The molecule has 0 saturated carbocycles. The molecule has 1 aliphatic rings. The van der Waals surface area contributed by atoms with Crippen LogP contribution in [-0.2, 0) is 0 Å². The van der Waals surface area contributed by atoms with Crippen LogP contribution in [0.4, 0.5) is 0 Å². The van der Waals surface area contributed by atoms with Crippen LogP contribution in [0.2, 0.25) is 5.02 Å². The van der Waals surface area contributed by atoms with E-state index in [0.29, 0.717) is 12.6 Å². The molecule has 0 aromatic heterocycles. The third-order valence-electron chi connectivity index (χ3n) is 2.96. The summed E-state index contributed by atoms with van der Waals surface area (Å²) >= 11 is 6.05. The Hall–Kier alpha value is -0.440. The van der Waals surface area contributed by atoms with E-state index in [9.17, 15) is 0 Å². The number of nitrogens with one attached hydrogen (secondary N) is 1. The molecule has 96 valence electrons. The smallest absolute Gasteiger partial charge is 0.124 e. The summed E-state index contributed by atoms with van der Waals surface area (Å²) in [5.74, 6) is 0.964. The molecule has 2 nitrogen and oxygen atoms in total. The van der Waals surface area contributed by atoms with Gasteiger partial charge in [0, 0.05) is 16.6 Å². The molecule has 1 heterocycles. The summed E-state index contributed by atoms with van der Waals surface area (Å²) in [4.78, 5) is 0.